The summed E-state index contributed by atoms with van der Waals surface area (Å²) in [6.45, 7) is 19.6. The molecule has 0 radical (unpaired) electrons. The fourth-order valence-corrected chi connectivity index (χ4v) is 10.7. The van der Waals surface area contributed by atoms with Gasteiger partial charge in [0.15, 0.2) is 0 Å². The standard InChI is InChI=1S/C37H46N4O3.C33H44N4O3/c1-38(2)35-8-6-10-37(26-35)44-24-23-43-29-31-13-17-34(18-14-31)41(28-32-7-5-9-36(25-32)42-4)27-30-11-15-33(16-12-30)40-21-19-39(3)20-22-40;1-34-14-16-36(17-15-34)31-10-6-28(7-11-31)25-37(26-30-4-3-5-33(24-30)38-2)32-12-8-29(9-13-32)27-40-23-20-35-18-21-39-22-19-35/h5-18,25-26H,19-24,27-29H2,1-4H3;3-13,24H,14-23,25-27H2,1-2H3. The third-order valence-electron chi connectivity index (χ3n) is 16.0. The van der Waals surface area contributed by atoms with Crippen LogP contribution in [-0.2, 0) is 53.6 Å². The summed E-state index contributed by atoms with van der Waals surface area (Å²) >= 11 is 0. The van der Waals surface area contributed by atoms with Gasteiger partial charge in [0.25, 0.3) is 0 Å². The van der Waals surface area contributed by atoms with Crippen LogP contribution in [0.2, 0.25) is 0 Å². The number of rotatable bonds is 26. The quantitative estimate of drug-likeness (QED) is 0.0483. The van der Waals surface area contributed by atoms with Crippen molar-refractivity contribution in [2.45, 2.75) is 39.4 Å². The van der Waals surface area contributed by atoms with Crippen LogP contribution in [0.25, 0.3) is 0 Å². The molecule has 3 fully saturated rings. The number of ether oxygens (including phenoxy) is 6. The molecule has 0 aromatic heterocycles. The van der Waals surface area contributed by atoms with Crippen molar-refractivity contribution in [1.82, 2.24) is 14.7 Å². The van der Waals surface area contributed by atoms with E-state index >= 15 is 0 Å². The minimum Gasteiger partial charge on any atom is -0.497 e. The molecule has 10 rings (SSSR count). The summed E-state index contributed by atoms with van der Waals surface area (Å²) in [5, 5.41) is 0. The van der Waals surface area contributed by atoms with Gasteiger partial charge in [0, 0.05) is 147 Å². The summed E-state index contributed by atoms with van der Waals surface area (Å²) in [5.74, 6) is 2.62. The van der Waals surface area contributed by atoms with Crippen molar-refractivity contribution >= 4 is 28.4 Å². The maximum absolute atomic E-state index is 5.99. The lowest BCUT2D eigenvalue weighted by molar-refractivity contribution is 0.0180. The lowest BCUT2D eigenvalue weighted by Crippen LogP contribution is -2.44. The second kappa shape index (κ2) is 32.1. The largest absolute Gasteiger partial charge is 0.497 e. The molecule has 0 bridgehead atoms. The predicted octanol–water partition coefficient (Wildman–Crippen LogP) is 10.8. The Labute approximate surface area is 501 Å². The van der Waals surface area contributed by atoms with E-state index in [9.17, 15) is 0 Å². The smallest absolute Gasteiger partial charge is 0.121 e. The maximum Gasteiger partial charge on any atom is 0.121 e. The lowest BCUT2D eigenvalue weighted by atomic mass is 10.1. The molecule has 7 aromatic rings. The minimum absolute atomic E-state index is 0.511. The number of piperazine rings is 2. The topological polar surface area (TPSA) is 81.3 Å². The molecule has 0 aliphatic carbocycles. The highest BCUT2D eigenvalue weighted by atomic mass is 16.5. The van der Waals surface area contributed by atoms with Crippen molar-refractivity contribution < 1.29 is 28.4 Å². The third kappa shape index (κ3) is 19.1. The van der Waals surface area contributed by atoms with Gasteiger partial charge in [-0.3, -0.25) is 4.90 Å². The van der Waals surface area contributed by atoms with Crippen LogP contribution in [0.15, 0.2) is 170 Å². The van der Waals surface area contributed by atoms with E-state index in [1.54, 1.807) is 14.2 Å². The molecule has 14 nitrogen and oxygen atoms in total. The van der Waals surface area contributed by atoms with E-state index in [1.165, 1.54) is 50.6 Å². The highest BCUT2D eigenvalue weighted by Crippen LogP contribution is 2.28. The summed E-state index contributed by atoms with van der Waals surface area (Å²) in [6, 6.07) is 60.5. The molecular formula is C70H90N8O6. The van der Waals surface area contributed by atoms with Crippen molar-refractivity contribution in [1.29, 1.82) is 0 Å². The Bertz CT molecular complexity index is 3000. The SMILES string of the molecule is COc1cccc(CN(Cc2ccc(N3CCN(C)CC3)cc2)c2ccc(COCCN3CCOCC3)cc2)c1.COc1cccc(CN(Cc2ccc(N3CCN(C)CC3)cc2)c2ccc(COCCOc3cccc(N(C)C)c3)cc2)c1. The number of hydrogen-bond acceptors (Lipinski definition) is 14. The van der Waals surface area contributed by atoms with Crippen molar-refractivity contribution in [3.63, 3.8) is 0 Å². The van der Waals surface area contributed by atoms with Crippen molar-refractivity contribution in [2.75, 3.05) is 172 Å². The second-order valence-corrected chi connectivity index (χ2v) is 22.5. The third-order valence-corrected chi connectivity index (χ3v) is 16.0. The van der Waals surface area contributed by atoms with E-state index in [0.29, 0.717) is 26.4 Å². The zero-order chi connectivity index (χ0) is 58.3. The number of anilines is 5. The number of nitrogens with zero attached hydrogens (tertiary/aromatic N) is 8. The molecule has 3 aliphatic heterocycles. The van der Waals surface area contributed by atoms with Crippen LogP contribution in [-0.4, -0.2) is 162 Å². The zero-order valence-corrected chi connectivity index (χ0v) is 50.7. The van der Waals surface area contributed by atoms with Crippen LogP contribution < -0.4 is 38.7 Å². The van der Waals surface area contributed by atoms with E-state index < -0.39 is 0 Å². The van der Waals surface area contributed by atoms with Gasteiger partial charge < -0.3 is 62.7 Å². The average Bonchev–Trinajstić information content (AvgIpc) is 3.68. The van der Waals surface area contributed by atoms with Gasteiger partial charge in [0.05, 0.1) is 53.9 Å². The Morgan fingerprint density at radius 1 is 0.405 bits per heavy atom. The monoisotopic (exact) mass is 1140 g/mol. The Balaban J connectivity index is 0.000000202. The van der Waals surface area contributed by atoms with Crippen molar-refractivity contribution in [3.8, 4) is 17.2 Å². The molecule has 3 heterocycles. The predicted molar refractivity (Wildman–Crippen MR) is 344 cm³/mol. The van der Waals surface area contributed by atoms with E-state index in [-0.39, 0.29) is 0 Å². The maximum atomic E-state index is 5.99. The second-order valence-electron chi connectivity index (χ2n) is 22.5. The highest BCUT2D eigenvalue weighted by molar-refractivity contribution is 5.54. The summed E-state index contributed by atoms with van der Waals surface area (Å²) in [4.78, 5) is 19.1. The molecule has 0 N–H and O–H groups in total. The van der Waals surface area contributed by atoms with Gasteiger partial charge in [-0.05, 0) is 132 Å². The van der Waals surface area contributed by atoms with Crippen LogP contribution in [0.5, 0.6) is 17.2 Å². The van der Waals surface area contributed by atoms with Crippen molar-refractivity contribution in [3.05, 3.63) is 203 Å². The number of likely N-dealkylation sites (N-methyl/N-ethyl adjacent to an activating group) is 2. The summed E-state index contributed by atoms with van der Waals surface area (Å²) in [5.41, 5.74) is 13.5. The molecule has 0 saturated carbocycles. The van der Waals surface area contributed by atoms with Crippen LogP contribution in [0.3, 0.4) is 0 Å². The molecular weight excluding hydrogens is 1050 g/mol. The van der Waals surface area contributed by atoms with Gasteiger partial charge in [-0.2, -0.15) is 0 Å². The van der Waals surface area contributed by atoms with Gasteiger partial charge in [0.2, 0.25) is 0 Å². The molecule has 7 aromatic carbocycles. The summed E-state index contributed by atoms with van der Waals surface area (Å²) in [7, 11) is 11.9. The normalized spacial score (nSPS) is 15.0. The Kier molecular flexibility index (Phi) is 23.4. The average molecular weight is 1140 g/mol. The van der Waals surface area contributed by atoms with Gasteiger partial charge in [-0.1, -0.05) is 78.9 Å². The molecule has 3 aliphatic rings. The zero-order valence-electron chi connectivity index (χ0n) is 50.7. The number of morpholine rings is 1. The summed E-state index contributed by atoms with van der Waals surface area (Å²) in [6.07, 6.45) is 0. The Morgan fingerprint density at radius 2 is 0.833 bits per heavy atom. The van der Waals surface area contributed by atoms with E-state index in [2.05, 4.69) is 193 Å². The van der Waals surface area contributed by atoms with E-state index in [4.69, 9.17) is 28.4 Å². The molecule has 0 unspecified atom stereocenters. The fourth-order valence-electron chi connectivity index (χ4n) is 10.7. The highest BCUT2D eigenvalue weighted by Gasteiger charge is 2.18. The number of hydrogen-bond donors (Lipinski definition) is 0. The van der Waals surface area contributed by atoms with Crippen LogP contribution in [0.1, 0.15) is 33.4 Å². The first-order valence-electron chi connectivity index (χ1n) is 30.0. The van der Waals surface area contributed by atoms with Gasteiger partial charge in [-0.15, -0.1) is 0 Å². The minimum atomic E-state index is 0.511. The Morgan fingerprint density at radius 3 is 1.30 bits per heavy atom. The number of benzene rings is 7. The molecule has 0 spiro atoms. The van der Waals surface area contributed by atoms with Crippen LogP contribution in [0, 0.1) is 0 Å². The van der Waals surface area contributed by atoms with Crippen LogP contribution in [0.4, 0.5) is 28.4 Å². The Hall–Kier alpha value is -7.30. The first-order chi connectivity index (χ1) is 41.1. The first-order valence-corrected chi connectivity index (χ1v) is 30.0. The van der Waals surface area contributed by atoms with Crippen LogP contribution >= 0.6 is 0 Å². The molecule has 446 valence electrons. The molecule has 84 heavy (non-hydrogen) atoms. The molecule has 14 heteroatoms. The summed E-state index contributed by atoms with van der Waals surface area (Å²) < 4.78 is 34.2. The first kappa shape index (κ1) is 61.3. The van der Waals surface area contributed by atoms with Gasteiger partial charge in [-0.25, -0.2) is 0 Å². The van der Waals surface area contributed by atoms with E-state index in [0.717, 1.165) is 146 Å². The lowest BCUT2D eigenvalue weighted by Gasteiger charge is -2.34. The fraction of sp³-hybridized carbons (Fsp3) is 0.400. The molecule has 3 saturated heterocycles. The molecule has 0 amide bonds. The van der Waals surface area contributed by atoms with Crippen molar-refractivity contribution in [2.24, 2.45) is 0 Å². The van der Waals surface area contributed by atoms with Gasteiger partial charge >= 0.3 is 0 Å². The molecule has 0 atom stereocenters. The van der Waals surface area contributed by atoms with E-state index in [1.807, 2.05) is 44.4 Å². The van der Waals surface area contributed by atoms with Gasteiger partial charge in [0.1, 0.15) is 23.9 Å². The number of methoxy groups -OCH3 is 2.